The Morgan fingerprint density at radius 1 is 1.12 bits per heavy atom. The number of piperazine rings is 1. The molecule has 0 bridgehead atoms. The van der Waals surface area contributed by atoms with Crippen LogP contribution in [0.3, 0.4) is 0 Å². The molecule has 2 aromatic carbocycles. The highest BCUT2D eigenvalue weighted by Crippen LogP contribution is 2.50. The van der Waals surface area contributed by atoms with Crippen molar-refractivity contribution in [3.63, 3.8) is 0 Å². The normalized spacial score (nSPS) is 21.1. The predicted molar refractivity (Wildman–Crippen MR) is 170 cm³/mol. The van der Waals surface area contributed by atoms with Crippen LogP contribution in [0, 0.1) is 12.8 Å². The first-order valence-corrected chi connectivity index (χ1v) is 14.8. The van der Waals surface area contributed by atoms with Crippen LogP contribution >= 0.6 is 11.8 Å². The van der Waals surface area contributed by atoms with Crippen LogP contribution in [0.15, 0.2) is 82.7 Å². The van der Waals surface area contributed by atoms with Crippen molar-refractivity contribution in [1.82, 2.24) is 19.7 Å². The number of aromatic amines is 1. The molecule has 2 unspecified atom stereocenters. The van der Waals surface area contributed by atoms with Crippen LogP contribution in [0.4, 0.5) is 11.4 Å². The molecule has 1 aliphatic heterocycles. The number of primary amides is 1. The van der Waals surface area contributed by atoms with E-state index in [1.54, 1.807) is 18.0 Å². The Morgan fingerprint density at radius 2 is 1.88 bits per heavy atom. The molecule has 0 radical (unpaired) electrons. The van der Waals surface area contributed by atoms with Crippen molar-refractivity contribution >= 4 is 46.2 Å². The molecular formula is C32H35N7O2S. The van der Waals surface area contributed by atoms with Crippen LogP contribution in [-0.4, -0.2) is 70.1 Å². The molecule has 4 aromatic rings. The highest BCUT2D eigenvalue weighted by atomic mass is 32.2. The third-order valence-electron chi connectivity index (χ3n) is 8.07. The Morgan fingerprint density at radius 3 is 2.57 bits per heavy atom. The summed E-state index contributed by atoms with van der Waals surface area (Å²) in [5.41, 5.74) is 11.1. The van der Waals surface area contributed by atoms with Crippen LogP contribution in [0.25, 0.3) is 10.9 Å². The van der Waals surface area contributed by atoms with E-state index in [1.807, 2.05) is 79.4 Å². The lowest BCUT2D eigenvalue weighted by Crippen LogP contribution is -2.44. The molecule has 0 spiro atoms. The van der Waals surface area contributed by atoms with E-state index in [-0.39, 0.29) is 5.88 Å². The molecule has 9 nitrogen and oxygen atoms in total. The summed E-state index contributed by atoms with van der Waals surface area (Å²) >= 11 is 1.54. The summed E-state index contributed by atoms with van der Waals surface area (Å²) in [6.45, 7) is 6.08. The van der Waals surface area contributed by atoms with Gasteiger partial charge < -0.3 is 25.6 Å². The minimum atomic E-state index is -0.778. The van der Waals surface area contributed by atoms with Crippen LogP contribution in [0.1, 0.15) is 17.0 Å². The van der Waals surface area contributed by atoms with E-state index in [9.17, 15) is 9.90 Å². The number of hydrogen-bond acceptors (Lipinski definition) is 7. The number of fused-ring (bicyclic) bond motifs is 1. The van der Waals surface area contributed by atoms with E-state index in [4.69, 9.17) is 5.73 Å². The summed E-state index contributed by atoms with van der Waals surface area (Å²) in [5.74, 6) is -0.923. The second kappa shape index (κ2) is 11.2. The standard InChI is InChI=1S/C32H35N7O2S/c1-21-18-29(38(3)36-21)32(13-5-4-6-27(32)30(33)40)42-24-11-12-25-26(31(41)35-28(25)19-24)20-34-22-7-9-23(10-8-22)39-16-14-37(2)15-17-39/h4-13,18-20,27,35,41H,14-17H2,1-3H3,(H2,33,40). The zero-order valence-electron chi connectivity index (χ0n) is 24.0. The molecule has 2 aliphatic rings. The van der Waals surface area contributed by atoms with Crippen LogP contribution in [0.2, 0.25) is 0 Å². The number of nitrogens with one attached hydrogen (secondary N) is 1. The van der Waals surface area contributed by atoms with Gasteiger partial charge in [0.2, 0.25) is 5.91 Å². The molecular weight excluding hydrogens is 546 g/mol. The molecule has 216 valence electrons. The van der Waals surface area contributed by atoms with E-state index in [0.717, 1.165) is 59.1 Å². The maximum Gasteiger partial charge on any atom is 0.226 e. The van der Waals surface area contributed by atoms with Crippen molar-refractivity contribution in [3.05, 3.63) is 89.8 Å². The van der Waals surface area contributed by atoms with Gasteiger partial charge in [0.25, 0.3) is 0 Å². The van der Waals surface area contributed by atoms with E-state index >= 15 is 0 Å². The minimum Gasteiger partial charge on any atom is -0.494 e. The van der Waals surface area contributed by atoms with E-state index < -0.39 is 16.6 Å². The molecule has 10 heteroatoms. The number of aromatic nitrogens is 3. The van der Waals surface area contributed by atoms with Crippen molar-refractivity contribution in [1.29, 1.82) is 0 Å². The van der Waals surface area contributed by atoms with Crippen LogP contribution < -0.4 is 10.6 Å². The molecule has 1 saturated heterocycles. The number of carbonyl (C=O) groups is 1. The lowest BCUT2D eigenvalue weighted by molar-refractivity contribution is -0.121. The van der Waals surface area contributed by atoms with Gasteiger partial charge in [0.1, 0.15) is 0 Å². The Bertz CT molecular complexity index is 1710. The fourth-order valence-corrected chi connectivity index (χ4v) is 7.29. The number of amides is 1. The summed E-state index contributed by atoms with van der Waals surface area (Å²) in [6, 6.07) is 16.2. The SMILES string of the molecule is Cc1cc(C2(Sc3ccc4c(C=Nc5ccc(N6CCN(C)CC6)cc5)c(O)[nH]c4c3)C=CC=CC2C(N)=O)n(C)n1. The molecule has 1 amide bonds. The van der Waals surface area contributed by atoms with Crippen molar-refractivity contribution in [3.8, 4) is 5.88 Å². The smallest absolute Gasteiger partial charge is 0.226 e. The summed E-state index contributed by atoms with van der Waals surface area (Å²) in [7, 11) is 4.03. The maximum atomic E-state index is 12.6. The Hall–Kier alpha value is -4.28. The van der Waals surface area contributed by atoms with E-state index in [1.165, 1.54) is 5.69 Å². The zero-order valence-corrected chi connectivity index (χ0v) is 24.8. The monoisotopic (exact) mass is 581 g/mol. The Balaban J connectivity index is 1.27. The largest absolute Gasteiger partial charge is 0.494 e. The fourth-order valence-electron chi connectivity index (χ4n) is 5.82. The Kier molecular flexibility index (Phi) is 7.42. The first-order chi connectivity index (χ1) is 20.2. The molecule has 4 N–H and O–H groups in total. The number of allylic oxidation sites excluding steroid dienone is 2. The summed E-state index contributed by atoms with van der Waals surface area (Å²) < 4.78 is 1.03. The molecule has 3 heterocycles. The van der Waals surface area contributed by atoms with Gasteiger partial charge in [-0.25, -0.2) is 0 Å². The highest BCUT2D eigenvalue weighted by molar-refractivity contribution is 8.00. The number of benzene rings is 2. The third kappa shape index (κ3) is 5.23. The van der Waals surface area contributed by atoms with Crippen molar-refractivity contribution in [2.24, 2.45) is 23.7 Å². The van der Waals surface area contributed by atoms with Gasteiger partial charge in [-0.1, -0.05) is 30.4 Å². The van der Waals surface area contributed by atoms with Gasteiger partial charge in [0.15, 0.2) is 5.88 Å². The number of thioether (sulfide) groups is 1. The van der Waals surface area contributed by atoms with Gasteiger partial charge in [-0.15, -0.1) is 11.8 Å². The van der Waals surface area contributed by atoms with Crippen molar-refractivity contribution in [2.75, 3.05) is 38.1 Å². The third-order valence-corrected chi connectivity index (χ3v) is 9.49. The lowest BCUT2D eigenvalue weighted by Gasteiger charge is -2.36. The minimum absolute atomic E-state index is 0.0532. The van der Waals surface area contributed by atoms with Crippen LogP contribution in [-0.2, 0) is 16.6 Å². The van der Waals surface area contributed by atoms with E-state index in [2.05, 4.69) is 44.1 Å². The second-order valence-electron chi connectivity index (χ2n) is 11.0. The van der Waals surface area contributed by atoms with Gasteiger partial charge in [0.05, 0.1) is 38.8 Å². The zero-order chi connectivity index (χ0) is 29.4. The molecule has 6 rings (SSSR count). The predicted octanol–water partition coefficient (Wildman–Crippen LogP) is 4.63. The topological polar surface area (TPSA) is 116 Å². The number of nitrogens with zero attached hydrogens (tertiary/aromatic N) is 5. The molecule has 1 aliphatic carbocycles. The molecule has 0 saturated carbocycles. The highest BCUT2D eigenvalue weighted by Gasteiger charge is 2.45. The first kappa shape index (κ1) is 27.9. The number of anilines is 1. The average Bonchev–Trinajstić information content (AvgIpc) is 3.49. The van der Waals surface area contributed by atoms with E-state index in [0.29, 0.717) is 5.56 Å². The number of rotatable bonds is 7. The number of H-pyrrole nitrogens is 1. The van der Waals surface area contributed by atoms with Gasteiger partial charge in [-0.2, -0.15) is 5.10 Å². The number of aliphatic imine (C=N–C) groups is 1. The summed E-state index contributed by atoms with van der Waals surface area (Å²) in [6.07, 6.45) is 9.37. The van der Waals surface area contributed by atoms with Crippen LogP contribution in [0.5, 0.6) is 5.88 Å². The molecule has 2 aromatic heterocycles. The number of aryl methyl sites for hydroxylation is 2. The lowest BCUT2D eigenvalue weighted by atomic mass is 9.84. The fraction of sp³-hybridized carbons (Fsp3) is 0.281. The quantitative estimate of drug-likeness (QED) is 0.274. The average molecular weight is 582 g/mol. The summed E-state index contributed by atoms with van der Waals surface area (Å²) in [5, 5.41) is 16.2. The first-order valence-electron chi connectivity index (χ1n) is 14.0. The number of carbonyl (C=O) groups excluding carboxylic acids is 1. The van der Waals surface area contributed by atoms with Gasteiger partial charge in [0, 0.05) is 55.4 Å². The van der Waals surface area contributed by atoms with Gasteiger partial charge in [-0.3, -0.25) is 14.5 Å². The number of aromatic hydroxyl groups is 1. The van der Waals surface area contributed by atoms with Gasteiger partial charge >= 0.3 is 0 Å². The molecule has 1 fully saturated rings. The maximum absolute atomic E-state index is 12.6. The molecule has 42 heavy (non-hydrogen) atoms. The van der Waals surface area contributed by atoms with Crippen molar-refractivity contribution in [2.45, 2.75) is 16.6 Å². The number of nitrogens with two attached hydrogens (primary N) is 1. The second-order valence-corrected chi connectivity index (χ2v) is 12.3. The van der Waals surface area contributed by atoms with Crippen molar-refractivity contribution < 1.29 is 9.90 Å². The molecule has 2 atom stereocenters. The number of hydrogen-bond donors (Lipinski definition) is 3. The van der Waals surface area contributed by atoms with Gasteiger partial charge in [-0.05, 0) is 56.4 Å². The Labute approximate surface area is 249 Å². The number of likely N-dealkylation sites (N-methyl/N-ethyl adjacent to an activating group) is 1. The summed E-state index contributed by atoms with van der Waals surface area (Å²) in [4.78, 5) is 26.0.